The van der Waals surface area contributed by atoms with Crippen molar-refractivity contribution in [1.82, 2.24) is 0 Å². The Morgan fingerprint density at radius 1 is 1.18 bits per heavy atom. The smallest absolute Gasteiger partial charge is 0.306 e. The molecule has 0 aliphatic carbocycles. The molecule has 0 aliphatic heterocycles. The Labute approximate surface area is 104 Å². The van der Waals surface area contributed by atoms with Crippen LogP contribution in [-0.4, -0.2) is 35.5 Å². The standard InChI is InChI=1S/C13H26O4/c1-3-4-5-6-7-8-9-11(14)12(17-2)10-13(15)16/h11-12,14H,3-10H2,1-2H3,(H,15,16). The molecule has 0 heterocycles. The number of carboxylic acid groups (broad SMARTS) is 1. The van der Waals surface area contributed by atoms with Crippen LogP contribution in [0.1, 0.15) is 58.3 Å². The van der Waals surface area contributed by atoms with E-state index in [1.165, 1.54) is 32.8 Å². The number of unbranched alkanes of at least 4 members (excludes halogenated alkanes) is 5. The molecule has 0 amide bonds. The van der Waals surface area contributed by atoms with E-state index < -0.39 is 18.2 Å². The van der Waals surface area contributed by atoms with Crippen LogP contribution in [0.15, 0.2) is 0 Å². The lowest BCUT2D eigenvalue weighted by atomic mass is 10.0. The Bertz CT molecular complexity index is 194. The van der Waals surface area contributed by atoms with Crippen molar-refractivity contribution in [2.24, 2.45) is 0 Å². The fourth-order valence-corrected chi connectivity index (χ4v) is 1.87. The Kier molecular flexibility index (Phi) is 10.2. The average molecular weight is 246 g/mol. The number of aliphatic hydroxyl groups is 1. The normalized spacial score (nSPS) is 14.5. The van der Waals surface area contributed by atoms with Crippen LogP contribution in [0.2, 0.25) is 0 Å². The number of hydrogen-bond donors (Lipinski definition) is 2. The number of hydrogen-bond acceptors (Lipinski definition) is 3. The van der Waals surface area contributed by atoms with Gasteiger partial charge in [-0.3, -0.25) is 4.79 Å². The summed E-state index contributed by atoms with van der Waals surface area (Å²) in [6, 6.07) is 0. The third-order valence-electron chi connectivity index (χ3n) is 2.96. The molecule has 0 saturated heterocycles. The minimum atomic E-state index is -0.932. The van der Waals surface area contributed by atoms with Gasteiger partial charge >= 0.3 is 5.97 Å². The molecular formula is C13H26O4. The maximum Gasteiger partial charge on any atom is 0.306 e. The Morgan fingerprint density at radius 2 is 1.76 bits per heavy atom. The van der Waals surface area contributed by atoms with Crippen molar-refractivity contribution in [3.05, 3.63) is 0 Å². The molecule has 0 aliphatic rings. The van der Waals surface area contributed by atoms with Crippen molar-refractivity contribution in [3.8, 4) is 0 Å². The molecule has 0 spiro atoms. The van der Waals surface area contributed by atoms with E-state index in [1.807, 2.05) is 0 Å². The van der Waals surface area contributed by atoms with Gasteiger partial charge in [0.25, 0.3) is 0 Å². The number of aliphatic hydroxyl groups excluding tert-OH is 1. The molecular weight excluding hydrogens is 220 g/mol. The first-order chi connectivity index (χ1) is 8.11. The molecule has 0 saturated carbocycles. The van der Waals surface area contributed by atoms with Crippen LogP contribution in [0.5, 0.6) is 0 Å². The van der Waals surface area contributed by atoms with Crippen molar-refractivity contribution in [2.75, 3.05) is 7.11 Å². The fourth-order valence-electron chi connectivity index (χ4n) is 1.87. The number of carbonyl (C=O) groups is 1. The third kappa shape index (κ3) is 9.12. The van der Waals surface area contributed by atoms with Gasteiger partial charge in [-0.05, 0) is 6.42 Å². The van der Waals surface area contributed by atoms with Crippen LogP contribution in [0.25, 0.3) is 0 Å². The fraction of sp³-hybridized carbons (Fsp3) is 0.923. The molecule has 0 radical (unpaired) electrons. The summed E-state index contributed by atoms with van der Waals surface area (Å²) >= 11 is 0. The molecule has 0 fully saturated rings. The van der Waals surface area contributed by atoms with Gasteiger partial charge in [-0.15, -0.1) is 0 Å². The Balaban J connectivity index is 3.60. The molecule has 2 N–H and O–H groups in total. The van der Waals surface area contributed by atoms with Crippen molar-refractivity contribution in [1.29, 1.82) is 0 Å². The number of rotatable bonds is 11. The predicted molar refractivity (Wildman–Crippen MR) is 67.0 cm³/mol. The molecule has 0 rings (SSSR count). The highest BCUT2D eigenvalue weighted by Gasteiger charge is 2.21. The summed E-state index contributed by atoms with van der Waals surface area (Å²) < 4.78 is 4.99. The first-order valence-corrected chi connectivity index (χ1v) is 6.54. The highest BCUT2D eigenvalue weighted by molar-refractivity contribution is 5.67. The van der Waals surface area contributed by atoms with Gasteiger partial charge in [0.2, 0.25) is 0 Å². The van der Waals surface area contributed by atoms with Crippen LogP contribution in [-0.2, 0) is 9.53 Å². The summed E-state index contributed by atoms with van der Waals surface area (Å²) in [5, 5.41) is 18.4. The van der Waals surface area contributed by atoms with Gasteiger partial charge in [-0.2, -0.15) is 0 Å². The molecule has 2 atom stereocenters. The summed E-state index contributed by atoms with van der Waals surface area (Å²) in [5.74, 6) is -0.932. The third-order valence-corrected chi connectivity index (χ3v) is 2.96. The zero-order valence-corrected chi connectivity index (χ0v) is 11.0. The lowest BCUT2D eigenvalue weighted by molar-refractivity contribution is -0.142. The first-order valence-electron chi connectivity index (χ1n) is 6.54. The van der Waals surface area contributed by atoms with Gasteiger partial charge in [-0.25, -0.2) is 0 Å². The topological polar surface area (TPSA) is 66.8 Å². The minimum Gasteiger partial charge on any atom is -0.481 e. The van der Waals surface area contributed by atoms with Gasteiger partial charge in [0.15, 0.2) is 0 Å². The summed E-state index contributed by atoms with van der Waals surface area (Å²) in [6.07, 6.45) is 6.21. The summed E-state index contributed by atoms with van der Waals surface area (Å²) in [5.41, 5.74) is 0. The van der Waals surface area contributed by atoms with E-state index in [-0.39, 0.29) is 6.42 Å². The van der Waals surface area contributed by atoms with E-state index in [2.05, 4.69) is 6.92 Å². The van der Waals surface area contributed by atoms with E-state index in [4.69, 9.17) is 9.84 Å². The van der Waals surface area contributed by atoms with Crippen molar-refractivity contribution in [2.45, 2.75) is 70.5 Å². The number of methoxy groups -OCH3 is 1. The molecule has 102 valence electrons. The number of aliphatic carboxylic acids is 1. The van der Waals surface area contributed by atoms with Gasteiger partial charge in [0.05, 0.1) is 18.6 Å². The molecule has 2 unspecified atom stereocenters. The van der Waals surface area contributed by atoms with Crippen LogP contribution in [0.3, 0.4) is 0 Å². The zero-order chi connectivity index (χ0) is 13.1. The predicted octanol–water partition coefficient (Wildman–Crippen LogP) is 2.59. The molecule has 0 aromatic rings. The van der Waals surface area contributed by atoms with E-state index in [1.54, 1.807) is 0 Å². The largest absolute Gasteiger partial charge is 0.481 e. The molecule has 0 aromatic carbocycles. The summed E-state index contributed by atoms with van der Waals surface area (Å²) in [7, 11) is 1.44. The summed E-state index contributed by atoms with van der Waals surface area (Å²) in [4.78, 5) is 10.5. The van der Waals surface area contributed by atoms with Crippen molar-refractivity contribution >= 4 is 5.97 Å². The van der Waals surface area contributed by atoms with Crippen LogP contribution >= 0.6 is 0 Å². The maximum atomic E-state index is 10.5. The van der Waals surface area contributed by atoms with Gasteiger partial charge < -0.3 is 14.9 Å². The zero-order valence-electron chi connectivity index (χ0n) is 11.0. The van der Waals surface area contributed by atoms with Crippen molar-refractivity contribution in [3.63, 3.8) is 0 Å². The van der Waals surface area contributed by atoms with Crippen molar-refractivity contribution < 1.29 is 19.7 Å². The SMILES string of the molecule is CCCCCCCCC(O)C(CC(=O)O)OC. The monoisotopic (exact) mass is 246 g/mol. The minimum absolute atomic E-state index is 0.131. The maximum absolute atomic E-state index is 10.5. The van der Waals surface area contributed by atoms with Gasteiger partial charge in [-0.1, -0.05) is 45.4 Å². The van der Waals surface area contributed by atoms with Crippen LogP contribution in [0.4, 0.5) is 0 Å². The van der Waals surface area contributed by atoms with E-state index in [0.717, 1.165) is 12.8 Å². The van der Waals surface area contributed by atoms with Gasteiger partial charge in [0.1, 0.15) is 0 Å². The highest BCUT2D eigenvalue weighted by Crippen LogP contribution is 2.13. The van der Waals surface area contributed by atoms with E-state index >= 15 is 0 Å². The first kappa shape index (κ1) is 16.4. The number of ether oxygens (including phenoxy) is 1. The molecule has 4 heteroatoms. The molecule has 0 bridgehead atoms. The lowest BCUT2D eigenvalue weighted by Gasteiger charge is -2.19. The summed E-state index contributed by atoms with van der Waals surface area (Å²) in [6.45, 7) is 2.18. The average Bonchev–Trinajstić information content (AvgIpc) is 2.30. The second-order valence-corrected chi connectivity index (χ2v) is 4.50. The Hall–Kier alpha value is -0.610. The molecule has 4 nitrogen and oxygen atoms in total. The quantitative estimate of drug-likeness (QED) is 0.550. The molecule has 0 aromatic heterocycles. The second kappa shape index (κ2) is 10.5. The van der Waals surface area contributed by atoms with E-state index in [0.29, 0.717) is 6.42 Å². The Morgan fingerprint density at radius 3 is 2.29 bits per heavy atom. The number of carboxylic acids is 1. The highest BCUT2D eigenvalue weighted by atomic mass is 16.5. The van der Waals surface area contributed by atoms with Crippen LogP contribution < -0.4 is 0 Å². The van der Waals surface area contributed by atoms with Crippen LogP contribution in [0, 0.1) is 0 Å². The van der Waals surface area contributed by atoms with Gasteiger partial charge in [0, 0.05) is 7.11 Å². The van der Waals surface area contributed by atoms with E-state index in [9.17, 15) is 9.90 Å². The lowest BCUT2D eigenvalue weighted by Crippen LogP contribution is -2.30. The second-order valence-electron chi connectivity index (χ2n) is 4.50. The molecule has 17 heavy (non-hydrogen) atoms.